The van der Waals surface area contributed by atoms with Gasteiger partial charge in [0.25, 0.3) is 0 Å². The van der Waals surface area contributed by atoms with E-state index in [0.717, 1.165) is 17.0 Å². The molecule has 0 spiro atoms. The van der Waals surface area contributed by atoms with E-state index in [1.54, 1.807) is 4.90 Å². The summed E-state index contributed by atoms with van der Waals surface area (Å²) in [6.45, 7) is 9.44. The molecular weight excluding hydrogens is 342 g/mol. The highest BCUT2D eigenvalue weighted by Gasteiger charge is 2.17. The Balaban J connectivity index is 2.02. The number of amides is 1. The van der Waals surface area contributed by atoms with Gasteiger partial charge in [-0.2, -0.15) is 5.10 Å². The maximum atomic E-state index is 12.4. The molecule has 1 aromatic carbocycles. The van der Waals surface area contributed by atoms with Crippen LogP contribution in [0.2, 0.25) is 0 Å². The van der Waals surface area contributed by atoms with E-state index < -0.39 is 5.97 Å². The summed E-state index contributed by atoms with van der Waals surface area (Å²) in [6, 6.07) is 8.40. The molecule has 2 rings (SSSR count). The quantitative estimate of drug-likeness (QED) is 0.735. The molecule has 1 aromatic heterocycles. The van der Waals surface area contributed by atoms with Gasteiger partial charge < -0.3 is 10.0 Å². The average molecular weight is 371 g/mol. The Hall–Kier alpha value is -2.63. The summed E-state index contributed by atoms with van der Waals surface area (Å²) in [5.74, 6) is -0.894. The van der Waals surface area contributed by atoms with Crippen molar-refractivity contribution in [3.05, 3.63) is 52.3 Å². The van der Waals surface area contributed by atoms with Crippen molar-refractivity contribution < 1.29 is 14.7 Å². The topological polar surface area (TPSA) is 75.4 Å². The molecule has 1 amide bonds. The molecule has 0 aliphatic rings. The van der Waals surface area contributed by atoms with Crippen LogP contribution in [0.25, 0.3) is 0 Å². The van der Waals surface area contributed by atoms with Gasteiger partial charge in [0.1, 0.15) is 0 Å². The third-order valence-corrected chi connectivity index (χ3v) is 4.90. The van der Waals surface area contributed by atoms with E-state index in [4.69, 9.17) is 5.11 Å². The molecule has 6 nitrogen and oxygen atoms in total. The van der Waals surface area contributed by atoms with Crippen LogP contribution in [0, 0.1) is 20.8 Å². The first-order chi connectivity index (χ1) is 12.8. The molecule has 0 aliphatic heterocycles. The van der Waals surface area contributed by atoms with Crippen LogP contribution < -0.4 is 0 Å². The number of carboxylic acids is 1. The molecule has 0 fully saturated rings. The molecule has 27 heavy (non-hydrogen) atoms. The van der Waals surface area contributed by atoms with Crippen LogP contribution in [0.3, 0.4) is 0 Å². The maximum absolute atomic E-state index is 12.4. The van der Waals surface area contributed by atoms with E-state index >= 15 is 0 Å². The molecule has 1 N–H and O–H groups in total. The SMILES string of the molecule is CCN(CCC(=O)O)C(=O)CCc1c(C)nn(Cc2ccc(C)cc2)c1C. The van der Waals surface area contributed by atoms with Crippen molar-refractivity contribution in [3.8, 4) is 0 Å². The van der Waals surface area contributed by atoms with E-state index in [-0.39, 0.29) is 18.9 Å². The lowest BCUT2D eigenvalue weighted by molar-refractivity contribution is -0.138. The summed E-state index contributed by atoms with van der Waals surface area (Å²) < 4.78 is 1.99. The zero-order chi connectivity index (χ0) is 20.0. The van der Waals surface area contributed by atoms with Crippen LogP contribution in [0.15, 0.2) is 24.3 Å². The number of hydrogen-bond donors (Lipinski definition) is 1. The second kappa shape index (κ2) is 9.35. The van der Waals surface area contributed by atoms with Gasteiger partial charge >= 0.3 is 5.97 Å². The molecule has 0 aliphatic carbocycles. The number of carbonyl (C=O) groups is 2. The summed E-state index contributed by atoms with van der Waals surface area (Å²) in [7, 11) is 0. The lowest BCUT2D eigenvalue weighted by Gasteiger charge is -2.20. The number of benzene rings is 1. The van der Waals surface area contributed by atoms with Crippen molar-refractivity contribution in [3.63, 3.8) is 0 Å². The van der Waals surface area contributed by atoms with Gasteiger partial charge in [0, 0.05) is 25.2 Å². The largest absolute Gasteiger partial charge is 0.481 e. The third kappa shape index (κ3) is 5.67. The van der Waals surface area contributed by atoms with Crippen LogP contribution >= 0.6 is 0 Å². The lowest BCUT2D eigenvalue weighted by atomic mass is 10.1. The fraction of sp³-hybridized carbons (Fsp3) is 0.476. The first-order valence-corrected chi connectivity index (χ1v) is 9.39. The molecule has 0 saturated carbocycles. The van der Waals surface area contributed by atoms with E-state index in [1.807, 2.05) is 25.5 Å². The minimum atomic E-state index is -0.884. The first-order valence-electron chi connectivity index (χ1n) is 9.39. The summed E-state index contributed by atoms with van der Waals surface area (Å²) in [5.41, 5.74) is 5.55. The molecule has 0 saturated heterocycles. The van der Waals surface area contributed by atoms with Crippen LogP contribution in [0.1, 0.15) is 47.8 Å². The van der Waals surface area contributed by atoms with Gasteiger partial charge in [0.05, 0.1) is 18.7 Å². The lowest BCUT2D eigenvalue weighted by Crippen LogP contribution is -2.33. The number of aliphatic carboxylic acids is 1. The molecular formula is C21H29N3O3. The van der Waals surface area contributed by atoms with Gasteiger partial charge in [-0.1, -0.05) is 29.8 Å². The van der Waals surface area contributed by atoms with E-state index in [0.29, 0.717) is 25.9 Å². The molecule has 2 aromatic rings. The van der Waals surface area contributed by atoms with Gasteiger partial charge in [0.15, 0.2) is 0 Å². The Kier molecular flexibility index (Phi) is 7.16. The molecule has 146 valence electrons. The number of aromatic nitrogens is 2. The second-order valence-electron chi connectivity index (χ2n) is 6.91. The van der Waals surface area contributed by atoms with Gasteiger partial charge in [0.2, 0.25) is 5.91 Å². The second-order valence-corrected chi connectivity index (χ2v) is 6.91. The molecule has 0 radical (unpaired) electrons. The van der Waals surface area contributed by atoms with Crippen molar-refractivity contribution in [2.45, 2.75) is 53.5 Å². The highest BCUT2D eigenvalue weighted by molar-refractivity contribution is 5.77. The summed E-state index contributed by atoms with van der Waals surface area (Å²) in [6.07, 6.45) is 0.964. The van der Waals surface area contributed by atoms with E-state index in [2.05, 4.69) is 36.3 Å². The highest BCUT2D eigenvalue weighted by Crippen LogP contribution is 2.17. The minimum absolute atomic E-state index is 0.0103. The number of hydrogen-bond acceptors (Lipinski definition) is 3. The number of carboxylic acid groups (broad SMARTS) is 1. The number of rotatable bonds is 9. The van der Waals surface area contributed by atoms with Crippen LogP contribution in [-0.2, 0) is 22.6 Å². The number of carbonyl (C=O) groups excluding carboxylic acids is 1. The van der Waals surface area contributed by atoms with Gasteiger partial charge in [-0.05, 0) is 45.2 Å². The Morgan fingerprint density at radius 3 is 2.37 bits per heavy atom. The predicted octanol–water partition coefficient (Wildman–Crippen LogP) is 3.11. The fourth-order valence-corrected chi connectivity index (χ4v) is 3.20. The maximum Gasteiger partial charge on any atom is 0.305 e. The van der Waals surface area contributed by atoms with Gasteiger partial charge in [-0.25, -0.2) is 0 Å². The fourth-order valence-electron chi connectivity index (χ4n) is 3.20. The zero-order valence-corrected chi connectivity index (χ0v) is 16.7. The van der Waals surface area contributed by atoms with Crippen molar-refractivity contribution in [2.24, 2.45) is 0 Å². The normalized spacial score (nSPS) is 10.8. The van der Waals surface area contributed by atoms with Crippen LogP contribution in [0.5, 0.6) is 0 Å². The molecule has 0 bridgehead atoms. The van der Waals surface area contributed by atoms with Crippen molar-refractivity contribution >= 4 is 11.9 Å². The van der Waals surface area contributed by atoms with Crippen molar-refractivity contribution in [2.75, 3.05) is 13.1 Å². The summed E-state index contributed by atoms with van der Waals surface area (Å²) in [4.78, 5) is 24.8. The predicted molar refractivity (Wildman–Crippen MR) is 105 cm³/mol. The number of nitrogens with zero attached hydrogens (tertiary/aromatic N) is 3. The van der Waals surface area contributed by atoms with Crippen LogP contribution in [0.4, 0.5) is 0 Å². The highest BCUT2D eigenvalue weighted by atomic mass is 16.4. The van der Waals surface area contributed by atoms with E-state index in [9.17, 15) is 9.59 Å². The molecule has 1 heterocycles. The third-order valence-electron chi connectivity index (χ3n) is 4.90. The first kappa shape index (κ1) is 20.7. The van der Waals surface area contributed by atoms with Gasteiger partial charge in [-0.15, -0.1) is 0 Å². The van der Waals surface area contributed by atoms with Crippen LogP contribution in [-0.4, -0.2) is 44.8 Å². The Labute approximate surface area is 160 Å². The molecule has 6 heteroatoms. The Morgan fingerprint density at radius 2 is 1.78 bits per heavy atom. The Bertz CT molecular complexity index is 794. The molecule has 0 atom stereocenters. The average Bonchev–Trinajstić information content (AvgIpc) is 2.88. The van der Waals surface area contributed by atoms with Crippen molar-refractivity contribution in [1.82, 2.24) is 14.7 Å². The van der Waals surface area contributed by atoms with E-state index in [1.165, 1.54) is 11.1 Å². The zero-order valence-electron chi connectivity index (χ0n) is 16.7. The van der Waals surface area contributed by atoms with Gasteiger partial charge in [-0.3, -0.25) is 14.3 Å². The minimum Gasteiger partial charge on any atom is -0.481 e. The summed E-state index contributed by atoms with van der Waals surface area (Å²) in [5, 5.41) is 13.5. The van der Waals surface area contributed by atoms with Crippen molar-refractivity contribution in [1.29, 1.82) is 0 Å². The smallest absolute Gasteiger partial charge is 0.305 e. The summed E-state index contributed by atoms with van der Waals surface area (Å²) >= 11 is 0. The standard InChI is InChI=1S/C21H29N3O3/c1-5-23(13-12-21(26)27)20(25)11-10-19-16(3)22-24(17(19)4)14-18-8-6-15(2)7-9-18/h6-9H,5,10-14H2,1-4H3,(H,26,27). The monoisotopic (exact) mass is 371 g/mol. The Morgan fingerprint density at radius 1 is 1.11 bits per heavy atom. The number of aryl methyl sites for hydroxylation is 2. The molecule has 0 unspecified atom stereocenters.